The summed E-state index contributed by atoms with van der Waals surface area (Å²) in [5.41, 5.74) is 2.65. The second-order valence-corrected chi connectivity index (χ2v) is 7.61. The molecule has 5 aromatic rings. The minimum atomic E-state index is 0.251. The lowest BCUT2D eigenvalue weighted by atomic mass is 9.93. The average Bonchev–Trinajstić information content (AvgIpc) is 2.78. The lowest BCUT2D eigenvalue weighted by Gasteiger charge is -2.21. The first-order valence-electron chi connectivity index (χ1n) is 10.5. The van der Waals surface area contributed by atoms with Crippen molar-refractivity contribution in [2.75, 3.05) is 18.0 Å². The Morgan fingerprint density at radius 1 is 0.800 bits per heavy atom. The summed E-state index contributed by atoms with van der Waals surface area (Å²) in [5.74, 6) is 0.251. The summed E-state index contributed by atoms with van der Waals surface area (Å²) in [7, 11) is 0. The van der Waals surface area contributed by atoms with Crippen LogP contribution in [-0.2, 0) is 0 Å². The van der Waals surface area contributed by atoms with Gasteiger partial charge < -0.3 is 10.0 Å². The van der Waals surface area contributed by atoms with Crippen molar-refractivity contribution in [2.45, 2.75) is 13.8 Å². The van der Waals surface area contributed by atoms with Gasteiger partial charge in [0.2, 0.25) is 0 Å². The van der Waals surface area contributed by atoms with Gasteiger partial charge in [0.1, 0.15) is 5.75 Å². The molecule has 0 bridgehead atoms. The molecular formula is C27H24N2O. The predicted octanol–water partition coefficient (Wildman–Crippen LogP) is 6.89. The average molecular weight is 393 g/mol. The molecule has 0 heterocycles. The third-order valence-corrected chi connectivity index (χ3v) is 5.99. The van der Waals surface area contributed by atoms with E-state index >= 15 is 0 Å². The van der Waals surface area contributed by atoms with Crippen molar-refractivity contribution in [1.82, 2.24) is 0 Å². The van der Waals surface area contributed by atoms with Crippen molar-refractivity contribution in [2.24, 2.45) is 4.99 Å². The molecule has 0 radical (unpaired) electrons. The van der Waals surface area contributed by atoms with E-state index in [1.54, 1.807) is 6.21 Å². The first-order chi connectivity index (χ1) is 14.7. The molecule has 148 valence electrons. The summed E-state index contributed by atoms with van der Waals surface area (Å²) >= 11 is 0. The van der Waals surface area contributed by atoms with E-state index in [0.29, 0.717) is 0 Å². The number of rotatable bonds is 5. The topological polar surface area (TPSA) is 35.8 Å². The molecule has 0 aliphatic rings. The van der Waals surface area contributed by atoms with Crippen LogP contribution in [0.5, 0.6) is 5.75 Å². The summed E-state index contributed by atoms with van der Waals surface area (Å²) in [6.45, 7) is 6.05. The number of aliphatic imine (C=N–C) groups is 1. The van der Waals surface area contributed by atoms with Gasteiger partial charge >= 0.3 is 0 Å². The molecule has 1 N–H and O–H groups in total. The summed E-state index contributed by atoms with van der Waals surface area (Å²) < 4.78 is 0. The Bertz CT molecular complexity index is 1370. The second kappa shape index (κ2) is 7.34. The fraction of sp³-hybridized carbons (Fsp3) is 0.148. The number of phenols is 1. The van der Waals surface area contributed by atoms with E-state index in [2.05, 4.69) is 73.3 Å². The van der Waals surface area contributed by atoms with Gasteiger partial charge in [0.25, 0.3) is 0 Å². The third kappa shape index (κ3) is 2.94. The molecule has 0 fully saturated rings. The maximum absolute atomic E-state index is 10.5. The molecule has 5 rings (SSSR count). The Morgan fingerprint density at radius 3 is 2.17 bits per heavy atom. The molecule has 0 saturated heterocycles. The number of phenolic OH excluding ortho intramolecular Hbond substituents is 1. The zero-order chi connectivity index (χ0) is 20.7. The Morgan fingerprint density at radius 2 is 1.47 bits per heavy atom. The molecule has 0 aliphatic heterocycles. The molecule has 0 atom stereocenters. The van der Waals surface area contributed by atoms with Crippen LogP contribution in [0, 0.1) is 0 Å². The minimum absolute atomic E-state index is 0.251. The molecule has 0 spiro atoms. The lowest BCUT2D eigenvalue weighted by molar-refractivity contribution is 0.474. The van der Waals surface area contributed by atoms with Gasteiger partial charge in [-0.3, -0.25) is 4.99 Å². The van der Waals surface area contributed by atoms with Crippen LogP contribution in [0.2, 0.25) is 0 Å². The van der Waals surface area contributed by atoms with Crippen molar-refractivity contribution >= 4 is 49.9 Å². The second-order valence-electron chi connectivity index (χ2n) is 7.61. The molecule has 0 aromatic heterocycles. The highest BCUT2D eigenvalue weighted by atomic mass is 16.3. The highest BCUT2D eigenvalue weighted by molar-refractivity contribution is 6.25. The molecule has 30 heavy (non-hydrogen) atoms. The summed E-state index contributed by atoms with van der Waals surface area (Å²) in [6.07, 6.45) is 1.76. The molecule has 0 unspecified atom stereocenters. The highest BCUT2D eigenvalue weighted by Crippen LogP contribution is 2.38. The van der Waals surface area contributed by atoms with Gasteiger partial charge in [0.15, 0.2) is 0 Å². The SMILES string of the molecule is CCN(CC)c1ccc(C=Nc2ccc3ccc4cccc5ccc2c3c45)c(O)c1. The van der Waals surface area contributed by atoms with Gasteiger partial charge in [-0.1, -0.05) is 48.5 Å². The fourth-order valence-corrected chi connectivity index (χ4v) is 4.40. The van der Waals surface area contributed by atoms with Crippen molar-refractivity contribution in [3.63, 3.8) is 0 Å². The number of anilines is 1. The largest absolute Gasteiger partial charge is 0.507 e. The van der Waals surface area contributed by atoms with E-state index in [1.807, 2.05) is 18.2 Å². The maximum Gasteiger partial charge on any atom is 0.126 e. The first-order valence-corrected chi connectivity index (χ1v) is 10.5. The van der Waals surface area contributed by atoms with E-state index in [4.69, 9.17) is 4.99 Å². The molecule has 0 aliphatic carbocycles. The summed E-state index contributed by atoms with van der Waals surface area (Å²) in [6, 6.07) is 25.1. The van der Waals surface area contributed by atoms with E-state index < -0.39 is 0 Å². The Kier molecular flexibility index (Phi) is 4.51. The number of benzene rings is 5. The van der Waals surface area contributed by atoms with Gasteiger partial charge in [-0.15, -0.1) is 0 Å². The molecule has 0 saturated carbocycles. The van der Waals surface area contributed by atoms with Gasteiger partial charge in [-0.25, -0.2) is 0 Å². The van der Waals surface area contributed by atoms with Crippen LogP contribution in [0.4, 0.5) is 11.4 Å². The van der Waals surface area contributed by atoms with E-state index in [-0.39, 0.29) is 5.75 Å². The van der Waals surface area contributed by atoms with E-state index in [0.717, 1.165) is 35.4 Å². The van der Waals surface area contributed by atoms with Gasteiger partial charge in [0.05, 0.1) is 5.69 Å². The van der Waals surface area contributed by atoms with Crippen LogP contribution in [0.3, 0.4) is 0 Å². The van der Waals surface area contributed by atoms with Gasteiger partial charge in [-0.2, -0.15) is 0 Å². The first kappa shape index (κ1) is 18.4. The number of aromatic hydroxyl groups is 1. The normalized spacial score (nSPS) is 11.9. The van der Waals surface area contributed by atoms with Crippen molar-refractivity contribution in [3.05, 3.63) is 78.4 Å². The monoisotopic (exact) mass is 392 g/mol. The Balaban J connectivity index is 1.59. The smallest absolute Gasteiger partial charge is 0.126 e. The van der Waals surface area contributed by atoms with Crippen molar-refractivity contribution in [3.8, 4) is 5.75 Å². The number of hydrogen-bond acceptors (Lipinski definition) is 3. The highest BCUT2D eigenvalue weighted by Gasteiger charge is 2.10. The standard InChI is InChI=1S/C27H24N2O/c1-3-29(4-2)22-13-10-21(25(30)16-22)17-28-24-15-12-20-9-8-18-6-5-7-19-11-14-23(24)27(20)26(18)19/h5-17,30H,3-4H2,1-2H3. The predicted molar refractivity (Wildman–Crippen MR) is 129 cm³/mol. The van der Waals surface area contributed by atoms with Gasteiger partial charge in [0, 0.05) is 42.0 Å². The lowest BCUT2D eigenvalue weighted by Crippen LogP contribution is -2.21. The summed E-state index contributed by atoms with van der Waals surface area (Å²) in [5, 5.41) is 17.9. The Labute approximate surface area is 176 Å². The zero-order valence-electron chi connectivity index (χ0n) is 17.3. The number of hydrogen-bond donors (Lipinski definition) is 1. The van der Waals surface area contributed by atoms with Crippen LogP contribution >= 0.6 is 0 Å². The van der Waals surface area contributed by atoms with E-state index in [1.165, 1.54) is 26.9 Å². The van der Waals surface area contributed by atoms with Crippen LogP contribution in [-0.4, -0.2) is 24.4 Å². The van der Waals surface area contributed by atoms with Crippen molar-refractivity contribution < 1.29 is 5.11 Å². The quantitative estimate of drug-likeness (QED) is 0.261. The number of nitrogens with zero attached hydrogens (tertiary/aromatic N) is 2. The molecule has 3 nitrogen and oxygen atoms in total. The third-order valence-electron chi connectivity index (χ3n) is 5.99. The summed E-state index contributed by atoms with van der Waals surface area (Å²) in [4.78, 5) is 6.97. The van der Waals surface area contributed by atoms with Crippen LogP contribution in [0.1, 0.15) is 19.4 Å². The van der Waals surface area contributed by atoms with Crippen LogP contribution in [0.15, 0.2) is 77.8 Å². The molecule has 5 aromatic carbocycles. The Hall–Kier alpha value is -3.59. The van der Waals surface area contributed by atoms with Gasteiger partial charge in [-0.05, 0) is 59.0 Å². The zero-order valence-corrected chi connectivity index (χ0v) is 17.3. The van der Waals surface area contributed by atoms with Crippen LogP contribution in [0.25, 0.3) is 32.3 Å². The van der Waals surface area contributed by atoms with E-state index in [9.17, 15) is 5.11 Å². The molecule has 3 heteroatoms. The molecular weight excluding hydrogens is 368 g/mol. The maximum atomic E-state index is 10.5. The van der Waals surface area contributed by atoms with Crippen LogP contribution < -0.4 is 4.90 Å². The molecule has 0 amide bonds. The van der Waals surface area contributed by atoms with Crippen molar-refractivity contribution in [1.29, 1.82) is 0 Å². The fourth-order valence-electron chi connectivity index (χ4n) is 4.40. The minimum Gasteiger partial charge on any atom is -0.507 e.